The second-order valence-corrected chi connectivity index (χ2v) is 8.72. The van der Waals surface area contributed by atoms with E-state index in [2.05, 4.69) is 5.32 Å². The molecule has 4 aromatic rings. The number of hydrogen-bond donors (Lipinski definition) is 1. The highest BCUT2D eigenvalue weighted by Gasteiger charge is 2.17. The Morgan fingerprint density at radius 1 is 0.806 bits per heavy atom. The van der Waals surface area contributed by atoms with Crippen LogP contribution in [0, 0.1) is 0 Å². The summed E-state index contributed by atoms with van der Waals surface area (Å²) < 4.78 is 1.85. The van der Waals surface area contributed by atoms with Crippen molar-refractivity contribution >= 4 is 11.9 Å². The molecular weight excluding hydrogens is 450 g/mol. The van der Waals surface area contributed by atoms with E-state index in [1.165, 1.54) is 0 Å². The molecule has 0 radical (unpaired) electrons. The van der Waals surface area contributed by atoms with Gasteiger partial charge < -0.3 is 15.1 Å². The number of aromatic nitrogens is 2. The fraction of sp³-hybridized carbons (Fsp3) is 0.207. The highest BCUT2D eigenvalue weighted by molar-refractivity contribution is 5.78. The monoisotopic (exact) mass is 481 g/mol. The van der Waals surface area contributed by atoms with Gasteiger partial charge in [0.25, 0.3) is 0 Å². The number of amides is 3. The molecule has 184 valence electrons. The van der Waals surface area contributed by atoms with Crippen molar-refractivity contribution in [1.82, 2.24) is 24.9 Å². The van der Waals surface area contributed by atoms with Crippen molar-refractivity contribution in [2.45, 2.75) is 19.5 Å². The first-order valence-electron chi connectivity index (χ1n) is 12.0. The highest BCUT2D eigenvalue weighted by atomic mass is 16.2. The molecule has 0 unspecified atom stereocenters. The summed E-state index contributed by atoms with van der Waals surface area (Å²) in [5.41, 5.74) is 4.80. The van der Waals surface area contributed by atoms with Crippen molar-refractivity contribution in [2.24, 2.45) is 0 Å². The van der Waals surface area contributed by atoms with Gasteiger partial charge in [-0.3, -0.25) is 4.79 Å². The van der Waals surface area contributed by atoms with E-state index in [1.807, 2.05) is 102 Å². The summed E-state index contributed by atoms with van der Waals surface area (Å²) >= 11 is 0. The lowest BCUT2D eigenvalue weighted by molar-refractivity contribution is -0.130. The Balaban J connectivity index is 1.36. The van der Waals surface area contributed by atoms with Crippen molar-refractivity contribution in [3.05, 3.63) is 108 Å². The molecule has 0 bridgehead atoms. The minimum absolute atomic E-state index is 0.0486. The van der Waals surface area contributed by atoms with Crippen LogP contribution in [0.2, 0.25) is 0 Å². The van der Waals surface area contributed by atoms with Gasteiger partial charge >= 0.3 is 6.03 Å². The third-order valence-electron chi connectivity index (χ3n) is 5.92. The van der Waals surface area contributed by atoms with Gasteiger partial charge in [0.1, 0.15) is 0 Å². The fourth-order valence-corrected chi connectivity index (χ4v) is 3.95. The third kappa shape index (κ3) is 6.39. The lowest BCUT2D eigenvalue weighted by Crippen LogP contribution is -2.39. The summed E-state index contributed by atoms with van der Waals surface area (Å²) in [5.74, 6) is -0.0486. The van der Waals surface area contributed by atoms with Gasteiger partial charge in [0, 0.05) is 57.5 Å². The molecule has 0 aliphatic heterocycles. The molecule has 0 aliphatic carbocycles. The highest BCUT2D eigenvalue weighted by Crippen LogP contribution is 2.24. The number of carbonyl (C=O) groups is 2. The number of nitrogens with zero attached hydrogens (tertiary/aromatic N) is 4. The largest absolute Gasteiger partial charge is 0.341 e. The predicted molar refractivity (Wildman–Crippen MR) is 141 cm³/mol. The van der Waals surface area contributed by atoms with E-state index < -0.39 is 0 Å². The van der Waals surface area contributed by atoms with Gasteiger partial charge in [-0.05, 0) is 17.7 Å². The summed E-state index contributed by atoms with van der Waals surface area (Å²) in [7, 11) is 3.52. The van der Waals surface area contributed by atoms with E-state index in [0.717, 1.165) is 28.1 Å². The van der Waals surface area contributed by atoms with Crippen LogP contribution in [-0.2, 0) is 17.9 Å². The number of para-hydroxylation sites is 1. The molecule has 4 rings (SSSR count). The van der Waals surface area contributed by atoms with Gasteiger partial charge in [-0.15, -0.1) is 0 Å². The van der Waals surface area contributed by atoms with Gasteiger partial charge in [0.15, 0.2) is 0 Å². The van der Waals surface area contributed by atoms with Crippen LogP contribution in [-0.4, -0.2) is 52.2 Å². The quantitative estimate of drug-likeness (QED) is 0.376. The maximum Gasteiger partial charge on any atom is 0.317 e. The molecule has 0 saturated heterocycles. The van der Waals surface area contributed by atoms with Crippen LogP contribution in [0.5, 0.6) is 0 Å². The SMILES string of the molecule is CN(Cc1cn(-c2ccccc2)nc1-c1ccccc1)C(=O)CCNC(=O)N(C)Cc1ccccc1. The maximum absolute atomic E-state index is 12.8. The summed E-state index contributed by atoms with van der Waals surface area (Å²) in [5, 5.41) is 7.66. The molecule has 7 heteroatoms. The number of urea groups is 1. The number of rotatable bonds is 9. The van der Waals surface area contributed by atoms with Crippen LogP contribution in [0.3, 0.4) is 0 Å². The molecule has 7 nitrogen and oxygen atoms in total. The normalized spacial score (nSPS) is 10.6. The Hall–Kier alpha value is -4.39. The summed E-state index contributed by atoms with van der Waals surface area (Å²) in [6.45, 7) is 1.20. The summed E-state index contributed by atoms with van der Waals surface area (Å²) in [6.07, 6.45) is 2.19. The van der Waals surface area contributed by atoms with Crippen LogP contribution >= 0.6 is 0 Å². The average molecular weight is 482 g/mol. The second-order valence-electron chi connectivity index (χ2n) is 8.72. The number of nitrogens with one attached hydrogen (secondary N) is 1. The number of benzene rings is 3. The van der Waals surface area contributed by atoms with Crippen LogP contribution in [0.25, 0.3) is 16.9 Å². The molecule has 0 aliphatic rings. The lowest BCUT2D eigenvalue weighted by Gasteiger charge is -2.20. The Morgan fingerprint density at radius 3 is 2.08 bits per heavy atom. The first-order valence-corrected chi connectivity index (χ1v) is 12.0. The molecule has 1 N–H and O–H groups in total. The van der Waals surface area contributed by atoms with E-state index in [4.69, 9.17) is 5.10 Å². The van der Waals surface area contributed by atoms with Crippen molar-refractivity contribution in [1.29, 1.82) is 0 Å². The van der Waals surface area contributed by atoms with Gasteiger partial charge in [-0.2, -0.15) is 5.10 Å². The smallest absolute Gasteiger partial charge is 0.317 e. The van der Waals surface area contributed by atoms with E-state index in [9.17, 15) is 9.59 Å². The van der Waals surface area contributed by atoms with Gasteiger partial charge in [-0.25, -0.2) is 9.48 Å². The van der Waals surface area contributed by atoms with E-state index in [1.54, 1.807) is 23.9 Å². The van der Waals surface area contributed by atoms with Crippen LogP contribution in [0.15, 0.2) is 97.2 Å². The minimum atomic E-state index is -0.204. The second kappa shape index (κ2) is 11.8. The maximum atomic E-state index is 12.8. The molecule has 0 saturated carbocycles. The van der Waals surface area contributed by atoms with Gasteiger partial charge in [0.05, 0.1) is 11.4 Å². The zero-order valence-electron chi connectivity index (χ0n) is 20.7. The van der Waals surface area contributed by atoms with Gasteiger partial charge in [-0.1, -0.05) is 78.9 Å². The Bertz CT molecular complexity index is 1270. The Morgan fingerprint density at radius 2 is 1.42 bits per heavy atom. The average Bonchev–Trinajstić information content (AvgIpc) is 3.33. The van der Waals surface area contributed by atoms with E-state index in [0.29, 0.717) is 13.1 Å². The van der Waals surface area contributed by atoms with Crippen molar-refractivity contribution < 1.29 is 9.59 Å². The lowest BCUT2D eigenvalue weighted by atomic mass is 10.1. The standard InChI is InChI=1S/C29H31N5O2/c1-32(27(35)18-19-30-29(36)33(2)20-23-12-6-3-7-13-23)21-25-22-34(26-16-10-5-11-17-26)31-28(25)24-14-8-4-9-15-24/h3-17,22H,18-21H2,1-2H3,(H,30,36). The molecule has 1 aromatic heterocycles. The molecule has 3 aromatic carbocycles. The van der Waals surface area contributed by atoms with Crippen molar-refractivity contribution in [2.75, 3.05) is 20.6 Å². The molecule has 1 heterocycles. The third-order valence-corrected chi connectivity index (χ3v) is 5.92. The van der Waals surface area contributed by atoms with Crippen LogP contribution in [0.4, 0.5) is 4.79 Å². The molecular formula is C29H31N5O2. The predicted octanol–water partition coefficient (Wildman–Crippen LogP) is 4.73. The molecule has 36 heavy (non-hydrogen) atoms. The van der Waals surface area contributed by atoms with E-state index >= 15 is 0 Å². The molecule has 0 spiro atoms. The first-order chi connectivity index (χ1) is 17.5. The number of hydrogen-bond acceptors (Lipinski definition) is 3. The minimum Gasteiger partial charge on any atom is -0.341 e. The fourth-order valence-electron chi connectivity index (χ4n) is 3.95. The Kier molecular flexibility index (Phi) is 8.13. The van der Waals surface area contributed by atoms with E-state index in [-0.39, 0.29) is 24.9 Å². The topological polar surface area (TPSA) is 70.5 Å². The first kappa shape index (κ1) is 24.7. The van der Waals surface area contributed by atoms with Crippen molar-refractivity contribution in [3.8, 4) is 16.9 Å². The molecule has 3 amide bonds. The summed E-state index contributed by atoms with van der Waals surface area (Å²) in [6, 6.07) is 29.5. The zero-order chi connectivity index (χ0) is 25.3. The summed E-state index contributed by atoms with van der Waals surface area (Å²) in [4.78, 5) is 28.5. The van der Waals surface area contributed by atoms with Gasteiger partial charge in [0.2, 0.25) is 5.91 Å². The van der Waals surface area contributed by atoms with Crippen LogP contribution < -0.4 is 5.32 Å². The molecule has 0 fully saturated rings. The number of carbonyl (C=O) groups excluding carboxylic acids is 2. The zero-order valence-corrected chi connectivity index (χ0v) is 20.7. The van der Waals surface area contributed by atoms with Crippen LogP contribution in [0.1, 0.15) is 17.5 Å². The molecule has 0 atom stereocenters. The van der Waals surface area contributed by atoms with Crippen molar-refractivity contribution in [3.63, 3.8) is 0 Å². The Labute approximate surface area is 212 Å².